The maximum absolute atomic E-state index is 13.1. The number of ether oxygens (including phenoxy) is 1. The molecule has 0 aliphatic rings. The highest BCUT2D eigenvalue weighted by Gasteiger charge is 2.24. The second kappa shape index (κ2) is 43.9. The largest absolute Gasteiger partial charge is 0.462 e. The molecule has 3 N–H and O–H groups in total. The Bertz CT molecular complexity index is 1160. The zero-order chi connectivity index (χ0) is 41.7. The highest BCUT2D eigenvalue weighted by Crippen LogP contribution is 2.16. The zero-order valence-electron chi connectivity index (χ0n) is 36.7. The fourth-order valence-electron chi connectivity index (χ4n) is 6.32. The van der Waals surface area contributed by atoms with Gasteiger partial charge in [0.1, 0.15) is 6.10 Å². The Morgan fingerprint density at radius 2 is 1.05 bits per heavy atom. The molecule has 324 valence electrons. The summed E-state index contributed by atoms with van der Waals surface area (Å²) in [5, 5.41) is 23.6. The second-order valence-corrected chi connectivity index (χ2v) is 15.1. The van der Waals surface area contributed by atoms with Crippen molar-refractivity contribution in [1.82, 2.24) is 5.32 Å². The van der Waals surface area contributed by atoms with Crippen LogP contribution in [0.5, 0.6) is 0 Å². The molecule has 0 aliphatic carbocycles. The summed E-state index contributed by atoms with van der Waals surface area (Å²) in [5.74, 6) is -0.587. The number of hydrogen-bond acceptors (Lipinski definition) is 5. The van der Waals surface area contributed by atoms with Crippen molar-refractivity contribution in [3.8, 4) is 0 Å². The molecule has 0 aromatic heterocycles. The van der Waals surface area contributed by atoms with Crippen LogP contribution >= 0.6 is 0 Å². The van der Waals surface area contributed by atoms with Crippen LogP contribution in [0, 0.1) is 0 Å². The van der Waals surface area contributed by atoms with Crippen molar-refractivity contribution >= 4 is 11.9 Å². The van der Waals surface area contributed by atoms with Crippen LogP contribution in [-0.2, 0) is 14.3 Å². The Labute approximate surface area is 350 Å². The maximum atomic E-state index is 13.1. The van der Waals surface area contributed by atoms with Crippen molar-refractivity contribution in [3.63, 3.8) is 0 Å². The molecule has 0 rings (SSSR count). The minimum Gasteiger partial charge on any atom is -0.462 e. The van der Waals surface area contributed by atoms with Crippen molar-refractivity contribution in [2.75, 3.05) is 6.61 Å². The monoisotopic (exact) mass is 792 g/mol. The van der Waals surface area contributed by atoms with E-state index < -0.39 is 18.2 Å². The van der Waals surface area contributed by atoms with Crippen LogP contribution in [0.4, 0.5) is 0 Å². The molecule has 6 nitrogen and oxygen atoms in total. The van der Waals surface area contributed by atoms with E-state index in [0.29, 0.717) is 19.3 Å². The zero-order valence-corrected chi connectivity index (χ0v) is 36.7. The molecule has 6 heteroatoms. The van der Waals surface area contributed by atoms with Crippen molar-refractivity contribution in [2.24, 2.45) is 0 Å². The number of carbonyl (C=O) groups is 2. The van der Waals surface area contributed by atoms with Crippen LogP contribution < -0.4 is 5.32 Å². The van der Waals surface area contributed by atoms with E-state index in [4.69, 9.17) is 4.74 Å². The van der Waals surface area contributed by atoms with Crippen LogP contribution in [0.15, 0.2) is 97.2 Å². The molecule has 0 radical (unpaired) electrons. The number of unbranched alkanes of at least 4 members (excludes halogenated alkanes) is 14. The third-order valence-corrected chi connectivity index (χ3v) is 9.75. The van der Waals surface area contributed by atoms with Gasteiger partial charge in [-0.2, -0.15) is 0 Å². The minimum atomic E-state index is -0.813. The van der Waals surface area contributed by atoms with E-state index in [1.807, 2.05) is 30.4 Å². The molecular formula is C51H85NO5. The van der Waals surface area contributed by atoms with Gasteiger partial charge in [0.25, 0.3) is 0 Å². The molecule has 0 heterocycles. The predicted octanol–water partition coefficient (Wildman–Crippen LogP) is 13.4. The van der Waals surface area contributed by atoms with E-state index in [1.165, 1.54) is 51.4 Å². The molecule has 0 aromatic rings. The van der Waals surface area contributed by atoms with E-state index in [1.54, 1.807) is 0 Å². The second-order valence-electron chi connectivity index (χ2n) is 15.1. The SMILES string of the molecule is CC/C=C/C=C/C=C\C=C/CCCCCC(=O)OC(CCC/C=C/C/C=C/C/C=C/C/C=C/CC)CC(=O)NC(CO)C(O)CCCCCCCCCCCCC. The third-order valence-electron chi connectivity index (χ3n) is 9.75. The van der Waals surface area contributed by atoms with Gasteiger partial charge in [0.2, 0.25) is 5.91 Å². The molecule has 3 unspecified atom stereocenters. The summed E-state index contributed by atoms with van der Waals surface area (Å²) in [7, 11) is 0. The van der Waals surface area contributed by atoms with Gasteiger partial charge >= 0.3 is 5.97 Å². The number of hydrogen-bond donors (Lipinski definition) is 3. The number of aliphatic hydroxyl groups excluding tert-OH is 2. The van der Waals surface area contributed by atoms with Gasteiger partial charge in [-0.05, 0) is 77.0 Å². The molecule has 0 bridgehead atoms. The topological polar surface area (TPSA) is 95.9 Å². The first-order chi connectivity index (χ1) is 28.0. The summed E-state index contributed by atoms with van der Waals surface area (Å²) >= 11 is 0. The van der Waals surface area contributed by atoms with Crippen LogP contribution in [0.1, 0.15) is 188 Å². The summed E-state index contributed by atoms with van der Waals surface area (Å²) in [6, 6.07) is -0.731. The fraction of sp³-hybridized carbons (Fsp3) is 0.647. The number of carbonyl (C=O) groups excluding carboxylic acids is 2. The number of rotatable bonds is 39. The van der Waals surface area contributed by atoms with E-state index in [2.05, 4.69) is 92.9 Å². The Morgan fingerprint density at radius 1 is 0.544 bits per heavy atom. The molecule has 0 aromatic carbocycles. The van der Waals surface area contributed by atoms with Gasteiger partial charge in [-0.3, -0.25) is 9.59 Å². The number of nitrogens with one attached hydrogen (secondary N) is 1. The Morgan fingerprint density at radius 3 is 1.65 bits per heavy atom. The Kier molecular flexibility index (Phi) is 41.4. The van der Waals surface area contributed by atoms with Crippen molar-refractivity contribution in [2.45, 2.75) is 206 Å². The van der Waals surface area contributed by atoms with Gasteiger partial charge in [0.15, 0.2) is 0 Å². The third kappa shape index (κ3) is 39.4. The molecular weight excluding hydrogens is 707 g/mol. The molecule has 3 atom stereocenters. The minimum absolute atomic E-state index is 0.0179. The van der Waals surface area contributed by atoms with Gasteiger partial charge in [-0.1, -0.05) is 195 Å². The quantitative estimate of drug-likeness (QED) is 0.0249. The van der Waals surface area contributed by atoms with Crippen molar-refractivity contribution in [1.29, 1.82) is 0 Å². The van der Waals surface area contributed by atoms with E-state index in [-0.39, 0.29) is 24.9 Å². The van der Waals surface area contributed by atoms with E-state index in [0.717, 1.165) is 89.9 Å². The first kappa shape index (κ1) is 53.8. The predicted molar refractivity (Wildman–Crippen MR) is 245 cm³/mol. The fourth-order valence-corrected chi connectivity index (χ4v) is 6.32. The van der Waals surface area contributed by atoms with Gasteiger partial charge < -0.3 is 20.3 Å². The Balaban J connectivity index is 4.80. The first-order valence-corrected chi connectivity index (χ1v) is 23.0. The average Bonchev–Trinajstić information content (AvgIpc) is 3.20. The molecule has 57 heavy (non-hydrogen) atoms. The number of esters is 1. The summed E-state index contributed by atoms with van der Waals surface area (Å²) < 4.78 is 5.86. The van der Waals surface area contributed by atoms with Crippen LogP contribution in [0.25, 0.3) is 0 Å². The summed E-state index contributed by atoms with van der Waals surface area (Å²) in [6.07, 6.45) is 57.5. The summed E-state index contributed by atoms with van der Waals surface area (Å²) in [6.45, 7) is 6.17. The lowest BCUT2D eigenvalue weighted by molar-refractivity contribution is -0.151. The van der Waals surface area contributed by atoms with Crippen LogP contribution in [0.2, 0.25) is 0 Å². The first-order valence-electron chi connectivity index (χ1n) is 23.0. The van der Waals surface area contributed by atoms with Crippen LogP contribution in [-0.4, -0.2) is 46.9 Å². The highest BCUT2D eigenvalue weighted by molar-refractivity contribution is 5.77. The summed E-state index contributed by atoms with van der Waals surface area (Å²) in [4.78, 5) is 26.0. The molecule has 0 saturated carbocycles. The Hall–Kier alpha value is -3.22. The molecule has 0 saturated heterocycles. The van der Waals surface area contributed by atoms with Gasteiger partial charge in [0.05, 0.1) is 25.2 Å². The lowest BCUT2D eigenvalue weighted by Crippen LogP contribution is -2.46. The molecule has 1 amide bonds. The van der Waals surface area contributed by atoms with E-state index in [9.17, 15) is 19.8 Å². The molecule has 0 fully saturated rings. The van der Waals surface area contributed by atoms with Crippen molar-refractivity contribution in [3.05, 3.63) is 97.2 Å². The number of amides is 1. The lowest BCUT2D eigenvalue weighted by Gasteiger charge is -2.24. The highest BCUT2D eigenvalue weighted by atomic mass is 16.5. The van der Waals surface area contributed by atoms with Gasteiger partial charge in [-0.15, -0.1) is 0 Å². The van der Waals surface area contributed by atoms with Crippen LogP contribution in [0.3, 0.4) is 0 Å². The summed E-state index contributed by atoms with van der Waals surface area (Å²) in [5.41, 5.74) is 0. The van der Waals surface area contributed by atoms with Gasteiger partial charge in [0, 0.05) is 6.42 Å². The number of aliphatic hydroxyl groups is 2. The molecule has 0 spiro atoms. The van der Waals surface area contributed by atoms with Gasteiger partial charge in [-0.25, -0.2) is 0 Å². The average molecular weight is 792 g/mol. The maximum Gasteiger partial charge on any atom is 0.306 e. The van der Waals surface area contributed by atoms with Crippen molar-refractivity contribution < 1.29 is 24.5 Å². The van der Waals surface area contributed by atoms with E-state index >= 15 is 0 Å². The normalized spacial score (nSPS) is 14.3. The molecule has 0 aliphatic heterocycles. The number of allylic oxidation sites excluding steroid dienone is 16. The smallest absolute Gasteiger partial charge is 0.306 e. The lowest BCUT2D eigenvalue weighted by atomic mass is 10.0. The standard InChI is InChI=1S/C51H85NO5/c1-4-7-10-13-16-19-22-24-26-28-30-33-36-39-42-47(57-51(56)44-41-38-35-32-29-25-23-20-17-14-11-8-5-2)45-50(55)52-48(46-53)49(54)43-40-37-34-31-27-21-18-15-12-9-6-3/h7-8,10-11,14,16-17,19-20,23-26,29-30,33,47-49,53-54H,4-6,9,12-13,15,18,21-22,27-28,31-32,34-46H2,1-3H3,(H,52,55)/b10-7+,11-8+,17-14+,19-16+,23-20-,26-24+,29-25-,33-30+.